The highest BCUT2D eigenvalue weighted by molar-refractivity contribution is 7.92. The Morgan fingerprint density at radius 3 is 2.00 bits per heavy atom. The SMILES string of the molecule is Cc1ccc(Cn2nc(C)c(NS(=O)(=O)c3c(C)c(C)cc(C)c3C)c2C)cc1. The first-order valence-electron chi connectivity index (χ1n) is 9.71. The van der Waals surface area contributed by atoms with Crippen LogP contribution in [0.15, 0.2) is 35.2 Å². The highest BCUT2D eigenvalue weighted by Crippen LogP contribution is 2.30. The van der Waals surface area contributed by atoms with E-state index >= 15 is 0 Å². The molecule has 0 aliphatic rings. The van der Waals surface area contributed by atoms with E-state index < -0.39 is 10.0 Å². The van der Waals surface area contributed by atoms with Crippen molar-refractivity contribution in [1.82, 2.24) is 9.78 Å². The van der Waals surface area contributed by atoms with E-state index in [9.17, 15) is 8.42 Å². The van der Waals surface area contributed by atoms with E-state index in [1.54, 1.807) is 0 Å². The van der Waals surface area contributed by atoms with Crippen molar-refractivity contribution < 1.29 is 8.42 Å². The Labute approximate surface area is 173 Å². The fourth-order valence-corrected chi connectivity index (χ4v) is 5.43. The van der Waals surface area contributed by atoms with Crippen molar-refractivity contribution in [2.75, 3.05) is 4.72 Å². The zero-order chi connectivity index (χ0) is 21.5. The van der Waals surface area contributed by atoms with Gasteiger partial charge in [0.25, 0.3) is 10.0 Å². The molecule has 1 heterocycles. The number of anilines is 1. The molecule has 1 N–H and O–H groups in total. The average Bonchev–Trinajstić information content (AvgIpc) is 2.89. The van der Waals surface area contributed by atoms with Crippen LogP contribution in [0.3, 0.4) is 0 Å². The van der Waals surface area contributed by atoms with Crippen molar-refractivity contribution in [3.8, 4) is 0 Å². The van der Waals surface area contributed by atoms with E-state index in [0.29, 0.717) is 22.8 Å². The lowest BCUT2D eigenvalue weighted by atomic mass is 10.0. The van der Waals surface area contributed by atoms with Gasteiger partial charge in [0.1, 0.15) is 0 Å². The van der Waals surface area contributed by atoms with E-state index in [1.807, 2.05) is 52.3 Å². The molecule has 0 saturated carbocycles. The quantitative estimate of drug-likeness (QED) is 0.650. The Balaban J connectivity index is 1.99. The van der Waals surface area contributed by atoms with Crippen molar-refractivity contribution in [3.63, 3.8) is 0 Å². The number of aromatic nitrogens is 2. The Hall–Kier alpha value is -2.60. The molecule has 0 fully saturated rings. The first-order chi connectivity index (χ1) is 13.5. The standard InChI is InChI=1S/C23H29N3O2S/c1-14-8-10-21(11-9-14)13-26-20(7)22(19(6)24-26)25-29(27,28)23-17(4)15(2)12-16(3)18(23)5/h8-12,25H,13H2,1-7H3. The molecule has 0 saturated heterocycles. The van der Waals surface area contributed by atoms with Crippen LogP contribution < -0.4 is 4.72 Å². The van der Waals surface area contributed by atoms with Gasteiger partial charge in [-0.05, 0) is 76.3 Å². The second-order valence-electron chi connectivity index (χ2n) is 7.88. The normalized spacial score (nSPS) is 11.7. The number of benzene rings is 2. The maximum Gasteiger partial charge on any atom is 0.262 e. The number of hydrogen-bond donors (Lipinski definition) is 1. The Morgan fingerprint density at radius 2 is 1.45 bits per heavy atom. The molecule has 0 amide bonds. The summed E-state index contributed by atoms with van der Waals surface area (Å²) in [5, 5.41) is 4.58. The van der Waals surface area contributed by atoms with Gasteiger partial charge in [-0.15, -0.1) is 0 Å². The van der Waals surface area contributed by atoms with E-state index in [2.05, 4.69) is 41.0 Å². The molecule has 5 nitrogen and oxygen atoms in total. The number of nitrogens with one attached hydrogen (secondary N) is 1. The van der Waals surface area contributed by atoms with Gasteiger partial charge in [0.2, 0.25) is 0 Å². The number of aryl methyl sites for hydroxylation is 4. The zero-order valence-corrected chi connectivity index (χ0v) is 19.0. The minimum Gasteiger partial charge on any atom is -0.276 e. The smallest absolute Gasteiger partial charge is 0.262 e. The fourth-order valence-electron chi connectivity index (χ4n) is 3.63. The average molecular weight is 412 g/mol. The van der Waals surface area contributed by atoms with Crippen LogP contribution in [0.25, 0.3) is 0 Å². The number of nitrogens with zero attached hydrogens (tertiary/aromatic N) is 2. The molecule has 2 aromatic carbocycles. The van der Waals surface area contributed by atoms with Crippen molar-refractivity contribution in [2.24, 2.45) is 0 Å². The predicted octanol–water partition coefficient (Wildman–Crippen LogP) is 4.89. The van der Waals surface area contributed by atoms with Crippen LogP contribution in [0.2, 0.25) is 0 Å². The van der Waals surface area contributed by atoms with Crippen molar-refractivity contribution in [3.05, 3.63) is 75.1 Å². The third-order valence-corrected chi connectivity index (χ3v) is 7.26. The molecule has 0 bridgehead atoms. The van der Waals surface area contributed by atoms with Gasteiger partial charge in [0, 0.05) is 0 Å². The van der Waals surface area contributed by atoms with Gasteiger partial charge >= 0.3 is 0 Å². The summed E-state index contributed by atoms with van der Waals surface area (Å²) < 4.78 is 31.3. The molecule has 0 spiro atoms. The van der Waals surface area contributed by atoms with Crippen molar-refractivity contribution >= 4 is 15.7 Å². The summed E-state index contributed by atoms with van der Waals surface area (Å²) in [6.07, 6.45) is 0. The molecule has 29 heavy (non-hydrogen) atoms. The van der Waals surface area contributed by atoms with Crippen LogP contribution in [0.5, 0.6) is 0 Å². The first-order valence-corrected chi connectivity index (χ1v) is 11.2. The third kappa shape index (κ3) is 4.08. The molecule has 3 aromatic rings. The van der Waals surface area contributed by atoms with Crippen molar-refractivity contribution in [2.45, 2.75) is 59.9 Å². The van der Waals surface area contributed by atoms with Crippen LogP contribution in [-0.2, 0) is 16.6 Å². The maximum absolute atomic E-state index is 13.3. The van der Waals surface area contributed by atoms with E-state index in [4.69, 9.17) is 0 Å². The fraction of sp³-hybridized carbons (Fsp3) is 0.348. The predicted molar refractivity (Wildman–Crippen MR) is 118 cm³/mol. The van der Waals surface area contributed by atoms with Crippen LogP contribution in [0.1, 0.15) is 44.8 Å². The zero-order valence-electron chi connectivity index (χ0n) is 18.2. The Morgan fingerprint density at radius 1 is 0.897 bits per heavy atom. The van der Waals surface area contributed by atoms with E-state index in [0.717, 1.165) is 33.5 Å². The summed E-state index contributed by atoms with van der Waals surface area (Å²) in [7, 11) is -3.73. The van der Waals surface area contributed by atoms with Gasteiger partial charge in [-0.2, -0.15) is 5.10 Å². The second-order valence-corrected chi connectivity index (χ2v) is 9.50. The van der Waals surface area contributed by atoms with Gasteiger partial charge in [-0.1, -0.05) is 35.9 Å². The lowest BCUT2D eigenvalue weighted by Gasteiger charge is -2.17. The number of hydrogen-bond acceptors (Lipinski definition) is 3. The minimum atomic E-state index is -3.73. The van der Waals surface area contributed by atoms with Gasteiger partial charge in [0.05, 0.1) is 28.5 Å². The van der Waals surface area contributed by atoms with Crippen LogP contribution >= 0.6 is 0 Å². The molecule has 1 aromatic heterocycles. The second kappa shape index (κ2) is 7.67. The molecule has 0 unspecified atom stereocenters. The van der Waals surface area contributed by atoms with Gasteiger partial charge in [-0.3, -0.25) is 9.40 Å². The Bertz CT molecular complexity index is 1150. The first kappa shape index (κ1) is 21.1. The summed E-state index contributed by atoms with van der Waals surface area (Å²) >= 11 is 0. The van der Waals surface area contributed by atoms with Gasteiger partial charge in [0.15, 0.2) is 0 Å². The van der Waals surface area contributed by atoms with Crippen LogP contribution in [0.4, 0.5) is 5.69 Å². The van der Waals surface area contributed by atoms with Crippen LogP contribution in [0, 0.1) is 48.5 Å². The summed E-state index contributed by atoms with van der Waals surface area (Å²) in [6, 6.07) is 10.3. The van der Waals surface area contributed by atoms with Crippen LogP contribution in [-0.4, -0.2) is 18.2 Å². The molecule has 0 aliphatic heterocycles. The van der Waals surface area contributed by atoms with E-state index in [-0.39, 0.29) is 0 Å². The molecule has 0 atom stereocenters. The van der Waals surface area contributed by atoms with E-state index in [1.165, 1.54) is 5.56 Å². The molecule has 0 aliphatic carbocycles. The summed E-state index contributed by atoms with van der Waals surface area (Å²) in [5.74, 6) is 0. The molecule has 154 valence electrons. The molecular formula is C23H29N3O2S. The molecular weight excluding hydrogens is 382 g/mol. The summed E-state index contributed by atoms with van der Waals surface area (Å²) in [5.41, 5.74) is 7.84. The number of rotatable bonds is 5. The maximum atomic E-state index is 13.3. The summed E-state index contributed by atoms with van der Waals surface area (Å²) in [4.78, 5) is 0.361. The lowest BCUT2D eigenvalue weighted by molar-refractivity contribution is 0.599. The van der Waals surface area contributed by atoms with Crippen molar-refractivity contribution in [1.29, 1.82) is 0 Å². The highest BCUT2D eigenvalue weighted by atomic mass is 32.2. The van der Waals surface area contributed by atoms with Gasteiger partial charge in [-0.25, -0.2) is 8.42 Å². The topological polar surface area (TPSA) is 64.0 Å². The molecule has 3 rings (SSSR count). The third-order valence-electron chi connectivity index (χ3n) is 5.64. The molecule has 6 heteroatoms. The monoisotopic (exact) mass is 411 g/mol. The van der Waals surface area contributed by atoms with Gasteiger partial charge < -0.3 is 0 Å². The highest BCUT2D eigenvalue weighted by Gasteiger charge is 2.25. The molecule has 0 radical (unpaired) electrons. The minimum absolute atomic E-state index is 0.361. The summed E-state index contributed by atoms with van der Waals surface area (Å²) in [6.45, 7) is 14.0. The Kier molecular flexibility index (Phi) is 5.59. The number of sulfonamides is 1. The largest absolute Gasteiger partial charge is 0.276 e. The lowest BCUT2D eigenvalue weighted by Crippen LogP contribution is -2.18.